The molecule has 0 fully saturated rings. The topological polar surface area (TPSA) is 41.6 Å². The fourth-order valence-electron chi connectivity index (χ4n) is 3.04. The number of carbonyl (C=O) groups is 1. The van der Waals surface area contributed by atoms with E-state index in [9.17, 15) is 4.79 Å². The maximum atomic E-state index is 12.2. The number of aryl methyl sites for hydroxylation is 1. The predicted molar refractivity (Wildman–Crippen MR) is 96.5 cm³/mol. The van der Waals surface area contributed by atoms with Crippen molar-refractivity contribution >= 4 is 11.6 Å². The second-order valence-electron chi connectivity index (χ2n) is 6.02. The molecule has 1 amide bonds. The normalized spacial score (nSPS) is 13.8. The second-order valence-corrected chi connectivity index (χ2v) is 6.02. The van der Waals surface area contributed by atoms with Crippen LogP contribution in [-0.2, 0) is 11.2 Å². The van der Waals surface area contributed by atoms with Crippen molar-refractivity contribution in [1.82, 2.24) is 5.32 Å². The number of amides is 1. The molecule has 0 saturated carbocycles. The van der Waals surface area contributed by atoms with Gasteiger partial charge in [-0.15, -0.1) is 0 Å². The SMILES string of the molecule is O=C(CN1CCCCc2ccccc21)NCCOc1ccccc1. The lowest BCUT2D eigenvalue weighted by Gasteiger charge is -2.24. The molecule has 2 aromatic rings. The number of hydrogen-bond acceptors (Lipinski definition) is 3. The van der Waals surface area contributed by atoms with Gasteiger partial charge in [0.25, 0.3) is 0 Å². The molecule has 1 N–H and O–H groups in total. The molecule has 0 aliphatic carbocycles. The highest BCUT2D eigenvalue weighted by Crippen LogP contribution is 2.25. The van der Waals surface area contributed by atoms with E-state index in [2.05, 4.69) is 28.4 Å². The summed E-state index contributed by atoms with van der Waals surface area (Å²) in [5.74, 6) is 0.872. The third kappa shape index (κ3) is 4.51. The Labute approximate surface area is 143 Å². The summed E-state index contributed by atoms with van der Waals surface area (Å²) in [5, 5.41) is 2.95. The van der Waals surface area contributed by atoms with E-state index in [1.165, 1.54) is 17.7 Å². The fraction of sp³-hybridized carbons (Fsp3) is 0.350. The standard InChI is InChI=1S/C20H24N2O2/c23-20(21-13-15-24-18-10-2-1-3-11-18)16-22-14-7-6-9-17-8-4-5-12-19(17)22/h1-5,8,10-12H,6-7,9,13-16H2,(H,21,23). The fourth-order valence-corrected chi connectivity index (χ4v) is 3.04. The largest absolute Gasteiger partial charge is 0.492 e. The molecule has 0 unspecified atom stereocenters. The number of hydrogen-bond donors (Lipinski definition) is 1. The van der Waals surface area contributed by atoms with E-state index in [-0.39, 0.29) is 5.91 Å². The number of anilines is 1. The molecule has 0 spiro atoms. The van der Waals surface area contributed by atoms with E-state index >= 15 is 0 Å². The van der Waals surface area contributed by atoms with Crippen LogP contribution in [0.1, 0.15) is 18.4 Å². The summed E-state index contributed by atoms with van der Waals surface area (Å²) < 4.78 is 5.59. The molecule has 4 nitrogen and oxygen atoms in total. The Morgan fingerprint density at radius 1 is 1.04 bits per heavy atom. The first-order chi connectivity index (χ1) is 11.8. The van der Waals surface area contributed by atoms with Crippen LogP contribution in [0.5, 0.6) is 5.75 Å². The molecule has 1 aliphatic rings. The molecule has 2 aromatic carbocycles. The summed E-state index contributed by atoms with van der Waals surface area (Å²) in [6.45, 7) is 2.34. The maximum absolute atomic E-state index is 12.2. The quantitative estimate of drug-likeness (QED) is 0.831. The average molecular weight is 324 g/mol. The van der Waals surface area contributed by atoms with Crippen LogP contribution >= 0.6 is 0 Å². The van der Waals surface area contributed by atoms with Crippen LogP contribution in [0.25, 0.3) is 0 Å². The first-order valence-electron chi connectivity index (χ1n) is 8.60. The van der Waals surface area contributed by atoms with Gasteiger partial charge in [0.15, 0.2) is 0 Å². The van der Waals surface area contributed by atoms with Gasteiger partial charge in [-0.2, -0.15) is 0 Å². The van der Waals surface area contributed by atoms with Crippen LogP contribution in [0.2, 0.25) is 0 Å². The van der Waals surface area contributed by atoms with E-state index in [0.717, 1.165) is 25.1 Å². The van der Waals surface area contributed by atoms with Gasteiger partial charge in [0.2, 0.25) is 5.91 Å². The van der Waals surface area contributed by atoms with E-state index in [0.29, 0.717) is 19.7 Å². The number of nitrogens with zero attached hydrogens (tertiary/aromatic N) is 1. The van der Waals surface area contributed by atoms with Crippen molar-refractivity contribution in [2.75, 3.05) is 31.1 Å². The van der Waals surface area contributed by atoms with Crippen LogP contribution in [0, 0.1) is 0 Å². The summed E-state index contributed by atoms with van der Waals surface area (Å²) in [4.78, 5) is 14.4. The lowest BCUT2D eigenvalue weighted by atomic mass is 10.1. The van der Waals surface area contributed by atoms with Crippen molar-refractivity contribution in [3.05, 3.63) is 60.2 Å². The lowest BCUT2D eigenvalue weighted by Crippen LogP contribution is -2.39. The summed E-state index contributed by atoms with van der Waals surface area (Å²) in [5.41, 5.74) is 2.54. The lowest BCUT2D eigenvalue weighted by molar-refractivity contribution is -0.119. The average Bonchev–Trinajstić information content (AvgIpc) is 2.82. The number of fused-ring (bicyclic) bond motifs is 1. The van der Waals surface area contributed by atoms with Gasteiger partial charge in [-0.3, -0.25) is 4.79 Å². The minimum atomic E-state index is 0.0448. The van der Waals surface area contributed by atoms with Gasteiger partial charge in [0.05, 0.1) is 13.1 Å². The zero-order valence-electron chi connectivity index (χ0n) is 13.9. The Balaban J connectivity index is 1.46. The number of carbonyl (C=O) groups excluding carboxylic acids is 1. The van der Waals surface area contributed by atoms with Crippen molar-refractivity contribution in [2.45, 2.75) is 19.3 Å². The van der Waals surface area contributed by atoms with Crippen molar-refractivity contribution in [2.24, 2.45) is 0 Å². The molecule has 0 saturated heterocycles. The van der Waals surface area contributed by atoms with Crippen molar-refractivity contribution in [3.8, 4) is 5.75 Å². The minimum absolute atomic E-state index is 0.0448. The van der Waals surface area contributed by atoms with Crippen molar-refractivity contribution < 1.29 is 9.53 Å². The minimum Gasteiger partial charge on any atom is -0.492 e. The molecule has 126 valence electrons. The molecular formula is C20H24N2O2. The van der Waals surface area contributed by atoms with Crippen LogP contribution in [-0.4, -0.2) is 32.1 Å². The van der Waals surface area contributed by atoms with Gasteiger partial charge in [-0.25, -0.2) is 0 Å². The second kappa shape index (κ2) is 8.39. The first kappa shape index (κ1) is 16.4. The smallest absolute Gasteiger partial charge is 0.239 e. The molecule has 3 rings (SSSR count). The van der Waals surface area contributed by atoms with E-state index in [4.69, 9.17) is 4.74 Å². The Morgan fingerprint density at radius 2 is 1.83 bits per heavy atom. The number of ether oxygens (including phenoxy) is 1. The summed E-state index contributed by atoms with van der Waals surface area (Å²) in [6.07, 6.45) is 3.40. The van der Waals surface area contributed by atoms with Gasteiger partial charge < -0.3 is 15.0 Å². The summed E-state index contributed by atoms with van der Waals surface area (Å²) in [7, 11) is 0. The molecule has 0 radical (unpaired) electrons. The monoisotopic (exact) mass is 324 g/mol. The summed E-state index contributed by atoms with van der Waals surface area (Å²) >= 11 is 0. The molecule has 0 bridgehead atoms. The third-order valence-electron chi connectivity index (χ3n) is 4.23. The Bertz CT molecular complexity index is 658. The third-order valence-corrected chi connectivity index (χ3v) is 4.23. The number of benzene rings is 2. The zero-order valence-corrected chi connectivity index (χ0v) is 13.9. The molecule has 24 heavy (non-hydrogen) atoms. The van der Waals surface area contributed by atoms with Crippen LogP contribution in [0.4, 0.5) is 5.69 Å². The molecule has 1 heterocycles. The van der Waals surface area contributed by atoms with E-state index in [1.807, 2.05) is 36.4 Å². The van der Waals surface area contributed by atoms with Gasteiger partial charge >= 0.3 is 0 Å². The van der Waals surface area contributed by atoms with Crippen molar-refractivity contribution in [1.29, 1.82) is 0 Å². The highest BCUT2D eigenvalue weighted by Gasteiger charge is 2.17. The molecule has 0 atom stereocenters. The molecular weight excluding hydrogens is 300 g/mol. The highest BCUT2D eigenvalue weighted by molar-refractivity contribution is 5.81. The molecule has 4 heteroatoms. The van der Waals surface area contributed by atoms with E-state index < -0.39 is 0 Å². The van der Waals surface area contributed by atoms with Crippen LogP contribution in [0.15, 0.2) is 54.6 Å². The number of nitrogens with one attached hydrogen (secondary N) is 1. The maximum Gasteiger partial charge on any atom is 0.239 e. The molecule has 1 aliphatic heterocycles. The van der Waals surface area contributed by atoms with Crippen LogP contribution < -0.4 is 15.0 Å². The first-order valence-corrected chi connectivity index (χ1v) is 8.60. The van der Waals surface area contributed by atoms with Gasteiger partial charge in [0.1, 0.15) is 12.4 Å². The van der Waals surface area contributed by atoms with E-state index in [1.54, 1.807) is 0 Å². The number of para-hydroxylation sites is 2. The van der Waals surface area contributed by atoms with Gasteiger partial charge in [0, 0.05) is 12.2 Å². The Hall–Kier alpha value is -2.49. The Morgan fingerprint density at radius 3 is 2.71 bits per heavy atom. The summed E-state index contributed by atoms with van der Waals surface area (Å²) in [6, 6.07) is 18.0. The Kier molecular flexibility index (Phi) is 5.72. The van der Waals surface area contributed by atoms with Crippen LogP contribution in [0.3, 0.4) is 0 Å². The highest BCUT2D eigenvalue weighted by atomic mass is 16.5. The van der Waals surface area contributed by atoms with Gasteiger partial charge in [-0.1, -0.05) is 36.4 Å². The van der Waals surface area contributed by atoms with Crippen molar-refractivity contribution in [3.63, 3.8) is 0 Å². The van der Waals surface area contributed by atoms with Gasteiger partial charge in [-0.05, 0) is 43.0 Å². The number of rotatable bonds is 6. The molecule has 0 aromatic heterocycles. The zero-order chi connectivity index (χ0) is 16.6. The predicted octanol–water partition coefficient (Wildman–Crippen LogP) is 3.02.